The van der Waals surface area contributed by atoms with Crippen LogP contribution in [-0.4, -0.2) is 29.9 Å². The van der Waals surface area contributed by atoms with Crippen LogP contribution in [0.4, 0.5) is 0 Å². The number of nitrogens with zero attached hydrogens (tertiary/aromatic N) is 2. The number of carbonyl (C=O) groups is 1. The van der Waals surface area contributed by atoms with E-state index in [2.05, 4.69) is 52.1 Å². The van der Waals surface area contributed by atoms with Crippen molar-refractivity contribution in [3.63, 3.8) is 0 Å². The Morgan fingerprint density at radius 1 is 1.23 bits per heavy atom. The quantitative estimate of drug-likeness (QED) is 0.361. The molecule has 2 aromatic rings. The van der Waals surface area contributed by atoms with Crippen LogP contribution in [0, 0.1) is 0 Å². The molecule has 1 saturated heterocycles. The highest BCUT2D eigenvalue weighted by Crippen LogP contribution is 2.15. The monoisotopic (exact) mass is 484 g/mol. The third-order valence-electron chi connectivity index (χ3n) is 4.26. The average molecular weight is 484 g/mol. The van der Waals surface area contributed by atoms with Crippen molar-refractivity contribution >= 4 is 47.2 Å². The van der Waals surface area contributed by atoms with Crippen LogP contribution >= 0.6 is 35.3 Å². The zero-order chi connectivity index (χ0) is 17.5. The maximum absolute atomic E-state index is 11.7. The van der Waals surface area contributed by atoms with E-state index in [0.29, 0.717) is 25.5 Å². The molecule has 1 aliphatic rings. The lowest BCUT2D eigenvalue weighted by Crippen LogP contribution is -2.33. The average Bonchev–Trinajstić information content (AvgIpc) is 3.27. The number of hydrogen-bond acceptors (Lipinski definition) is 3. The molecule has 3 rings (SSSR count). The molecule has 2 heterocycles. The van der Waals surface area contributed by atoms with Gasteiger partial charge in [-0.1, -0.05) is 30.3 Å². The molecule has 7 heteroatoms. The van der Waals surface area contributed by atoms with Crippen LogP contribution in [0.3, 0.4) is 0 Å². The number of amides is 1. The van der Waals surface area contributed by atoms with Gasteiger partial charge in [-0.25, -0.2) is 4.99 Å². The molecule has 0 unspecified atom stereocenters. The van der Waals surface area contributed by atoms with Crippen LogP contribution < -0.4 is 11.1 Å². The fourth-order valence-corrected chi connectivity index (χ4v) is 3.55. The molecule has 26 heavy (non-hydrogen) atoms. The van der Waals surface area contributed by atoms with Crippen LogP contribution in [0.15, 0.2) is 46.8 Å². The highest BCUT2D eigenvalue weighted by molar-refractivity contribution is 14.0. The second-order valence-electron chi connectivity index (χ2n) is 6.19. The van der Waals surface area contributed by atoms with Crippen LogP contribution in [0.25, 0.3) is 0 Å². The number of thiophene rings is 1. The minimum absolute atomic E-state index is 0. The first-order chi connectivity index (χ1) is 12.2. The van der Waals surface area contributed by atoms with E-state index in [4.69, 9.17) is 5.73 Å². The molecule has 1 fully saturated rings. The number of halogens is 1. The highest BCUT2D eigenvalue weighted by Gasteiger charge is 2.19. The summed E-state index contributed by atoms with van der Waals surface area (Å²) in [6.45, 7) is 2.92. The minimum Gasteiger partial charge on any atom is -0.370 e. The summed E-state index contributed by atoms with van der Waals surface area (Å²) in [5, 5.41) is 5.23. The van der Waals surface area contributed by atoms with Crippen LogP contribution in [-0.2, 0) is 24.3 Å². The highest BCUT2D eigenvalue weighted by atomic mass is 127. The van der Waals surface area contributed by atoms with Crippen molar-refractivity contribution in [2.75, 3.05) is 13.1 Å². The molecular weight excluding hydrogens is 459 g/mol. The second-order valence-corrected chi connectivity index (χ2v) is 7.23. The first-order valence-electron chi connectivity index (χ1n) is 8.62. The molecule has 0 bridgehead atoms. The molecule has 140 valence electrons. The Kier molecular flexibility index (Phi) is 8.37. The molecule has 3 N–H and O–H groups in total. The first-order valence-corrected chi connectivity index (χ1v) is 9.50. The number of likely N-dealkylation sites (tertiary alicyclic amines) is 1. The van der Waals surface area contributed by atoms with Gasteiger partial charge in [0.15, 0.2) is 5.96 Å². The molecule has 1 amide bonds. The lowest BCUT2D eigenvalue weighted by molar-refractivity contribution is -0.128. The smallest absolute Gasteiger partial charge is 0.222 e. The number of guanidine groups is 1. The Morgan fingerprint density at radius 3 is 2.65 bits per heavy atom. The van der Waals surface area contributed by atoms with E-state index in [1.807, 2.05) is 4.90 Å². The second kappa shape index (κ2) is 10.5. The summed E-state index contributed by atoms with van der Waals surface area (Å²) in [5.41, 5.74) is 8.18. The molecule has 5 nitrogen and oxygen atoms in total. The molecule has 1 aromatic heterocycles. The number of nitrogens with one attached hydrogen (secondary N) is 1. The number of benzene rings is 1. The van der Waals surface area contributed by atoms with Gasteiger partial charge in [0.25, 0.3) is 0 Å². The van der Waals surface area contributed by atoms with E-state index >= 15 is 0 Å². The normalized spacial score (nSPS) is 14.4. The van der Waals surface area contributed by atoms with Crippen molar-refractivity contribution in [1.82, 2.24) is 10.2 Å². The van der Waals surface area contributed by atoms with Gasteiger partial charge in [-0.2, -0.15) is 0 Å². The molecule has 0 spiro atoms. The van der Waals surface area contributed by atoms with Crippen LogP contribution in [0.5, 0.6) is 0 Å². The van der Waals surface area contributed by atoms with E-state index in [0.717, 1.165) is 37.1 Å². The molecule has 0 aliphatic carbocycles. The van der Waals surface area contributed by atoms with Gasteiger partial charge >= 0.3 is 0 Å². The molecule has 1 aromatic carbocycles. The maximum atomic E-state index is 11.7. The van der Waals surface area contributed by atoms with Gasteiger partial charge < -0.3 is 16.0 Å². The van der Waals surface area contributed by atoms with Gasteiger partial charge in [-0.3, -0.25) is 4.79 Å². The van der Waals surface area contributed by atoms with Crippen molar-refractivity contribution in [2.45, 2.75) is 32.4 Å². The number of aliphatic imine (C=N–C) groups is 1. The summed E-state index contributed by atoms with van der Waals surface area (Å²) in [6, 6.07) is 12.4. The van der Waals surface area contributed by atoms with Crippen molar-refractivity contribution < 1.29 is 4.79 Å². The molecule has 0 saturated carbocycles. The van der Waals surface area contributed by atoms with E-state index in [-0.39, 0.29) is 29.9 Å². The largest absolute Gasteiger partial charge is 0.370 e. The van der Waals surface area contributed by atoms with Gasteiger partial charge in [0.05, 0.1) is 6.54 Å². The van der Waals surface area contributed by atoms with Crippen LogP contribution in [0.2, 0.25) is 0 Å². The maximum Gasteiger partial charge on any atom is 0.222 e. The van der Waals surface area contributed by atoms with Crippen molar-refractivity contribution in [2.24, 2.45) is 10.7 Å². The van der Waals surface area contributed by atoms with Crippen molar-refractivity contribution in [3.8, 4) is 0 Å². The lowest BCUT2D eigenvalue weighted by atomic mass is 10.1. The van der Waals surface area contributed by atoms with E-state index in [1.54, 1.807) is 11.3 Å². The summed E-state index contributed by atoms with van der Waals surface area (Å²) in [7, 11) is 0. The Hall–Kier alpha value is -1.61. The fourth-order valence-electron chi connectivity index (χ4n) is 2.84. The number of rotatable bonds is 7. The lowest BCUT2D eigenvalue weighted by Gasteiger charge is -2.15. The molecular formula is C19H25IN4OS. The Labute approximate surface area is 175 Å². The Balaban J connectivity index is 0.00000243. The van der Waals surface area contributed by atoms with Gasteiger partial charge in [0, 0.05) is 30.9 Å². The predicted molar refractivity (Wildman–Crippen MR) is 118 cm³/mol. The summed E-state index contributed by atoms with van der Waals surface area (Å²) < 4.78 is 0. The third-order valence-corrected chi connectivity index (χ3v) is 5.19. The van der Waals surface area contributed by atoms with Gasteiger partial charge in [0.2, 0.25) is 5.91 Å². The third kappa shape index (κ3) is 6.28. The molecule has 1 aliphatic heterocycles. The zero-order valence-corrected chi connectivity index (χ0v) is 17.8. The minimum atomic E-state index is 0. The summed E-state index contributed by atoms with van der Waals surface area (Å²) in [4.78, 5) is 19.3. The summed E-state index contributed by atoms with van der Waals surface area (Å²) in [6.07, 6.45) is 2.62. The van der Waals surface area contributed by atoms with Crippen molar-refractivity contribution in [3.05, 3.63) is 57.8 Å². The molecule has 0 atom stereocenters. The first kappa shape index (κ1) is 20.7. The number of nitrogens with two attached hydrogens (primary N) is 1. The predicted octanol–water partition coefficient (Wildman–Crippen LogP) is 3.14. The number of hydrogen-bond donors (Lipinski definition) is 2. The SMILES string of the molecule is I.NC(=NCc1ccc(CN2CCCC2=O)cc1)NCCc1cccs1. The Morgan fingerprint density at radius 2 is 2.00 bits per heavy atom. The van der Waals surface area contributed by atoms with E-state index in [9.17, 15) is 4.79 Å². The van der Waals surface area contributed by atoms with Gasteiger partial charge in [-0.05, 0) is 35.4 Å². The van der Waals surface area contributed by atoms with Gasteiger partial charge in [0.1, 0.15) is 0 Å². The van der Waals surface area contributed by atoms with Crippen molar-refractivity contribution in [1.29, 1.82) is 0 Å². The van der Waals surface area contributed by atoms with E-state index in [1.165, 1.54) is 4.88 Å². The number of carbonyl (C=O) groups excluding carboxylic acids is 1. The standard InChI is InChI=1S/C19H24N4OS.HI/c20-19(21-10-9-17-3-2-12-25-17)22-13-15-5-7-16(8-6-15)14-23-11-1-4-18(23)24;/h2-3,5-8,12H,1,4,9-11,13-14H2,(H3,20,21,22);1H. The topological polar surface area (TPSA) is 70.7 Å². The summed E-state index contributed by atoms with van der Waals surface area (Å²) >= 11 is 1.75. The zero-order valence-electron chi connectivity index (χ0n) is 14.7. The fraction of sp³-hybridized carbons (Fsp3) is 0.368. The Bertz CT molecular complexity index is 716. The molecule has 0 radical (unpaired) electrons. The van der Waals surface area contributed by atoms with E-state index < -0.39 is 0 Å². The van der Waals surface area contributed by atoms with Crippen LogP contribution in [0.1, 0.15) is 28.8 Å². The summed E-state index contributed by atoms with van der Waals surface area (Å²) in [5.74, 6) is 0.735. The van der Waals surface area contributed by atoms with Gasteiger partial charge in [-0.15, -0.1) is 35.3 Å².